The molecule has 0 heterocycles. The summed E-state index contributed by atoms with van der Waals surface area (Å²) in [5.41, 5.74) is 0.256. The van der Waals surface area contributed by atoms with Crippen molar-refractivity contribution >= 4 is 28.3 Å². The normalized spacial score (nSPS) is 9.30. The maximum absolute atomic E-state index is 10.3. The third kappa shape index (κ3) is 1.66. The second kappa shape index (κ2) is 2.96. The highest BCUT2D eigenvalue weighted by Crippen LogP contribution is 2.13. The van der Waals surface area contributed by atoms with E-state index >= 15 is 0 Å². The molecule has 1 N–H and O–H groups in total. The van der Waals surface area contributed by atoms with Gasteiger partial charge in [-0.15, -0.1) is 0 Å². The highest BCUT2D eigenvalue weighted by Gasteiger charge is 2.09. The van der Waals surface area contributed by atoms with Crippen LogP contribution in [-0.4, -0.2) is 10.1 Å². The number of nitrogens with zero attached hydrogens (tertiary/aromatic N) is 1. The summed E-state index contributed by atoms with van der Waals surface area (Å²) in [6.45, 7) is 0. The molecule has 52 valence electrons. The van der Waals surface area contributed by atoms with Gasteiger partial charge in [-0.2, -0.15) is 0 Å². The van der Waals surface area contributed by atoms with Crippen LogP contribution in [0, 0.1) is 8.48 Å². The van der Waals surface area contributed by atoms with E-state index in [1.54, 1.807) is 12.1 Å². The Bertz CT molecular complexity index is 262. The number of rotatable bonds is 1. The first kappa shape index (κ1) is 7.46. The van der Waals surface area contributed by atoms with Gasteiger partial charge in [0.1, 0.15) is 0 Å². The lowest BCUT2D eigenvalue weighted by Crippen LogP contribution is -1.90. The minimum Gasteiger partial charge on any atom is -0.241 e. The Morgan fingerprint density at radius 2 is 2.20 bits per heavy atom. The van der Waals surface area contributed by atoms with Crippen LogP contribution in [0.5, 0.6) is 0 Å². The molecular formula is C6H5INO2+. The van der Waals surface area contributed by atoms with Gasteiger partial charge in [0.15, 0.2) is 0 Å². The molecule has 0 aliphatic heterocycles. The second-order valence-corrected chi connectivity index (χ2v) is 3.00. The van der Waals surface area contributed by atoms with Crippen LogP contribution in [0.4, 0.5) is 5.69 Å². The summed E-state index contributed by atoms with van der Waals surface area (Å²) in [6, 6.07) is 6.68. The van der Waals surface area contributed by atoms with Crippen LogP contribution in [-0.2, 0) is 0 Å². The maximum Gasteiger partial charge on any atom is 0.317 e. The monoisotopic (exact) mass is 250 g/mol. The Morgan fingerprint density at radius 3 is 2.60 bits per heavy atom. The second-order valence-electron chi connectivity index (χ2n) is 1.75. The summed E-state index contributed by atoms with van der Waals surface area (Å²) in [5, 5.41) is 8.42. The molecule has 0 spiro atoms. The highest BCUT2D eigenvalue weighted by molar-refractivity contribution is 14.1. The number of benzene rings is 1. The molecule has 1 aromatic rings. The molecule has 0 aliphatic rings. The largest absolute Gasteiger partial charge is 0.317 e. The molecule has 0 atom stereocenters. The maximum atomic E-state index is 10.3. The van der Waals surface area contributed by atoms with E-state index in [1.807, 2.05) is 6.07 Å². The SMILES string of the molecule is O=[N+](O)c1cccc(I)c1. The van der Waals surface area contributed by atoms with Gasteiger partial charge in [-0.25, -0.2) is 5.21 Å². The fraction of sp³-hybridized carbons (Fsp3) is 0. The smallest absolute Gasteiger partial charge is 0.241 e. The topological polar surface area (TPSA) is 40.3 Å². The van der Waals surface area contributed by atoms with Crippen molar-refractivity contribution in [3.05, 3.63) is 32.7 Å². The molecule has 0 amide bonds. The van der Waals surface area contributed by atoms with Crippen molar-refractivity contribution in [2.24, 2.45) is 0 Å². The van der Waals surface area contributed by atoms with Crippen molar-refractivity contribution in [3.63, 3.8) is 0 Å². The summed E-state index contributed by atoms with van der Waals surface area (Å²) in [7, 11) is 0. The Hall–Kier alpha value is -0.650. The van der Waals surface area contributed by atoms with Crippen molar-refractivity contribution < 1.29 is 10.1 Å². The first-order valence-electron chi connectivity index (χ1n) is 2.62. The molecule has 0 saturated carbocycles. The minimum absolute atomic E-state index is 0.151. The van der Waals surface area contributed by atoms with E-state index in [9.17, 15) is 4.91 Å². The van der Waals surface area contributed by atoms with Gasteiger partial charge in [-0.1, -0.05) is 6.07 Å². The molecule has 10 heavy (non-hydrogen) atoms. The molecule has 3 nitrogen and oxygen atoms in total. The molecule has 0 saturated heterocycles. The molecule has 1 rings (SSSR count). The number of halogens is 1. The van der Waals surface area contributed by atoms with Crippen LogP contribution in [0.1, 0.15) is 0 Å². The predicted molar refractivity (Wildman–Crippen MR) is 44.2 cm³/mol. The average Bonchev–Trinajstić information content (AvgIpc) is 1.88. The summed E-state index contributed by atoms with van der Waals surface area (Å²) in [6.07, 6.45) is 0. The molecule has 0 radical (unpaired) electrons. The fourth-order valence-corrected chi connectivity index (χ4v) is 1.12. The van der Waals surface area contributed by atoms with Crippen LogP contribution in [0.25, 0.3) is 0 Å². The molecule has 4 heteroatoms. The molecule has 1 aromatic carbocycles. The van der Waals surface area contributed by atoms with Crippen molar-refractivity contribution in [1.82, 2.24) is 0 Å². The predicted octanol–water partition coefficient (Wildman–Crippen LogP) is 2.09. The van der Waals surface area contributed by atoms with E-state index in [2.05, 4.69) is 22.6 Å². The van der Waals surface area contributed by atoms with Gasteiger partial charge in [0.25, 0.3) is 4.92 Å². The third-order valence-electron chi connectivity index (χ3n) is 1.03. The van der Waals surface area contributed by atoms with E-state index in [4.69, 9.17) is 5.21 Å². The van der Waals surface area contributed by atoms with E-state index < -0.39 is 0 Å². The quantitative estimate of drug-likeness (QED) is 0.612. The fourth-order valence-electron chi connectivity index (χ4n) is 0.595. The lowest BCUT2D eigenvalue weighted by Gasteiger charge is -1.84. The molecule has 0 fully saturated rings. The Kier molecular flexibility index (Phi) is 2.21. The van der Waals surface area contributed by atoms with Crippen molar-refractivity contribution in [2.45, 2.75) is 0 Å². The van der Waals surface area contributed by atoms with Gasteiger partial charge >= 0.3 is 5.69 Å². The summed E-state index contributed by atoms with van der Waals surface area (Å²) in [5.74, 6) is 0. The van der Waals surface area contributed by atoms with Gasteiger partial charge in [0, 0.05) is 15.7 Å². The Balaban J connectivity index is 3.07. The zero-order valence-electron chi connectivity index (χ0n) is 4.99. The molecular weight excluding hydrogens is 245 g/mol. The lowest BCUT2D eigenvalue weighted by atomic mass is 10.3. The Labute approximate surface area is 71.3 Å². The van der Waals surface area contributed by atoms with Crippen LogP contribution in [0.3, 0.4) is 0 Å². The first-order valence-corrected chi connectivity index (χ1v) is 3.70. The van der Waals surface area contributed by atoms with Crippen molar-refractivity contribution in [2.75, 3.05) is 0 Å². The van der Waals surface area contributed by atoms with E-state index in [0.29, 0.717) is 0 Å². The van der Waals surface area contributed by atoms with Crippen LogP contribution >= 0.6 is 22.6 Å². The number of hydrogen-bond acceptors (Lipinski definition) is 1. The van der Waals surface area contributed by atoms with Crippen molar-refractivity contribution in [1.29, 1.82) is 0 Å². The first-order chi connectivity index (χ1) is 4.70. The zero-order valence-corrected chi connectivity index (χ0v) is 7.15. The van der Waals surface area contributed by atoms with Crippen LogP contribution < -0.4 is 0 Å². The molecule has 0 aromatic heterocycles. The minimum atomic E-state index is -0.151. The van der Waals surface area contributed by atoms with E-state index in [-0.39, 0.29) is 10.6 Å². The van der Waals surface area contributed by atoms with Gasteiger partial charge < -0.3 is 0 Å². The Morgan fingerprint density at radius 1 is 1.50 bits per heavy atom. The molecule has 0 unspecified atom stereocenters. The summed E-state index contributed by atoms with van der Waals surface area (Å²) >= 11 is 2.06. The molecule has 0 bridgehead atoms. The van der Waals surface area contributed by atoms with Crippen molar-refractivity contribution in [3.8, 4) is 0 Å². The highest BCUT2D eigenvalue weighted by atomic mass is 127. The van der Waals surface area contributed by atoms with E-state index in [0.717, 1.165) is 3.57 Å². The van der Waals surface area contributed by atoms with Crippen LogP contribution in [0.15, 0.2) is 24.3 Å². The third-order valence-corrected chi connectivity index (χ3v) is 1.70. The summed E-state index contributed by atoms with van der Waals surface area (Å²) < 4.78 is 0.921. The summed E-state index contributed by atoms with van der Waals surface area (Å²) in [4.78, 5) is 10.1. The standard InChI is InChI=1S/C6H5INO2/c7-5-2-1-3-6(4-5)8(9)10/h1-4H,(H,9,10)/q+1. The average molecular weight is 250 g/mol. The lowest BCUT2D eigenvalue weighted by molar-refractivity contribution is -0.729. The van der Waals surface area contributed by atoms with Gasteiger partial charge in [0.05, 0.1) is 4.91 Å². The van der Waals surface area contributed by atoms with Crippen LogP contribution in [0.2, 0.25) is 0 Å². The molecule has 0 aliphatic carbocycles. The van der Waals surface area contributed by atoms with E-state index in [1.165, 1.54) is 6.07 Å². The zero-order chi connectivity index (χ0) is 7.56. The van der Waals surface area contributed by atoms with Gasteiger partial charge in [-0.3, -0.25) is 0 Å². The van der Waals surface area contributed by atoms with Gasteiger partial charge in [-0.05, 0) is 28.7 Å². The number of hydrogen-bond donors (Lipinski definition) is 1. The van der Waals surface area contributed by atoms with Gasteiger partial charge in [0.2, 0.25) is 0 Å².